The van der Waals surface area contributed by atoms with E-state index in [9.17, 15) is 0 Å². The van der Waals surface area contributed by atoms with Crippen LogP contribution >= 0.6 is 0 Å². The summed E-state index contributed by atoms with van der Waals surface area (Å²) in [7, 11) is 0. The van der Waals surface area contributed by atoms with Crippen LogP contribution in [-0.4, -0.2) is 6.54 Å². The van der Waals surface area contributed by atoms with Crippen molar-refractivity contribution >= 4 is 0 Å². The molecule has 0 aromatic heterocycles. The van der Waals surface area contributed by atoms with Crippen molar-refractivity contribution in [2.75, 3.05) is 6.54 Å². The van der Waals surface area contributed by atoms with E-state index in [4.69, 9.17) is 0 Å². The monoisotopic (exact) mass is 257 g/mol. The summed E-state index contributed by atoms with van der Waals surface area (Å²) < 4.78 is 0. The van der Waals surface area contributed by atoms with Crippen molar-refractivity contribution in [2.45, 2.75) is 46.6 Å². The lowest BCUT2D eigenvalue weighted by atomic mass is 10.1. The third-order valence-electron chi connectivity index (χ3n) is 3.27. The minimum Gasteiger partial charge on any atom is -0.307 e. The number of hydrogen-bond donors (Lipinski definition) is 1. The molecule has 1 N–H and O–H groups in total. The Morgan fingerprint density at radius 2 is 1.79 bits per heavy atom. The van der Waals surface area contributed by atoms with E-state index in [1.807, 2.05) is 0 Å². The number of benzene rings is 1. The first-order valence-electron chi connectivity index (χ1n) is 7.17. The molecule has 0 saturated heterocycles. The lowest BCUT2D eigenvalue weighted by Crippen LogP contribution is -2.18. The van der Waals surface area contributed by atoms with Crippen molar-refractivity contribution in [1.82, 2.24) is 5.32 Å². The first-order chi connectivity index (χ1) is 9.09. The van der Waals surface area contributed by atoms with Gasteiger partial charge in [-0.2, -0.15) is 0 Å². The molecule has 0 heterocycles. The summed E-state index contributed by atoms with van der Waals surface area (Å²) in [5, 5.41) is 3.54. The first kappa shape index (κ1) is 15.7. The molecule has 0 aliphatic carbocycles. The highest BCUT2D eigenvalue weighted by Crippen LogP contribution is 2.11. The van der Waals surface area contributed by atoms with Crippen LogP contribution in [0.5, 0.6) is 0 Å². The molecule has 0 aliphatic heterocycles. The SMILES string of the molecule is CC(C)=CCCC(C)=CCN[C@H](C)c1ccccc1. The van der Waals surface area contributed by atoms with Gasteiger partial charge in [0.2, 0.25) is 0 Å². The number of hydrogen-bond acceptors (Lipinski definition) is 1. The quantitative estimate of drug-likeness (QED) is 0.675. The van der Waals surface area contributed by atoms with E-state index in [1.54, 1.807) is 0 Å². The van der Waals surface area contributed by atoms with E-state index in [1.165, 1.54) is 16.7 Å². The Morgan fingerprint density at radius 3 is 2.42 bits per heavy atom. The maximum Gasteiger partial charge on any atom is 0.0294 e. The molecule has 0 radical (unpaired) electrons. The van der Waals surface area contributed by atoms with Crippen LogP contribution in [-0.2, 0) is 0 Å². The fraction of sp³-hybridized carbons (Fsp3) is 0.444. The summed E-state index contributed by atoms with van der Waals surface area (Å²) in [5.74, 6) is 0. The molecule has 1 rings (SSSR count). The van der Waals surface area contributed by atoms with E-state index in [2.05, 4.69) is 75.5 Å². The van der Waals surface area contributed by atoms with Gasteiger partial charge in [-0.1, -0.05) is 53.6 Å². The highest BCUT2D eigenvalue weighted by atomic mass is 14.9. The Balaban J connectivity index is 2.30. The maximum atomic E-state index is 3.54. The van der Waals surface area contributed by atoms with Crippen molar-refractivity contribution < 1.29 is 0 Å². The third-order valence-corrected chi connectivity index (χ3v) is 3.27. The molecular formula is C18H27N. The molecule has 0 bridgehead atoms. The van der Waals surface area contributed by atoms with Crippen LogP contribution in [0.15, 0.2) is 53.6 Å². The van der Waals surface area contributed by atoms with Gasteiger partial charge in [-0.25, -0.2) is 0 Å². The second-order valence-corrected chi connectivity index (χ2v) is 5.41. The van der Waals surface area contributed by atoms with Gasteiger partial charge in [0.15, 0.2) is 0 Å². The molecule has 0 unspecified atom stereocenters. The zero-order valence-electron chi connectivity index (χ0n) is 12.7. The van der Waals surface area contributed by atoms with Crippen LogP contribution in [0.4, 0.5) is 0 Å². The smallest absolute Gasteiger partial charge is 0.0294 e. The Kier molecular flexibility index (Phi) is 7.20. The van der Waals surface area contributed by atoms with Gasteiger partial charge in [0, 0.05) is 12.6 Å². The molecule has 1 aromatic carbocycles. The van der Waals surface area contributed by atoms with Gasteiger partial charge in [-0.05, 0) is 46.1 Å². The van der Waals surface area contributed by atoms with Crippen LogP contribution in [0.1, 0.15) is 52.1 Å². The Labute approximate surface area is 118 Å². The molecule has 19 heavy (non-hydrogen) atoms. The predicted molar refractivity (Wildman–Crippen MR) is 85.3 cm³/mol. The topological polar surface area (TPSA) is 12.0 Å². The third kappa shape index (κ3) is 6.97. The zero-order chi connectivity index (χ0) is 14.1. The van der Waals surface area contributed by atoms with E-state index in [-0.39, 0.29) is 0 Å². The minimum absolute atomic E-state index is 0.406. The van der Waals surface area contributed by atoms with Crippen molar-refractivity contribution in [3.05, 3.63) is 59.2 Å². The average molecular weight is 257 g/mol. The summed E-state index contributed by atoms with van der Waals surface area (Å²) in [5.41, 5.74) is 4.21. The lowest BCUT2D eigenvalue weighted by Gasteiger charge is -2.12. The van der Waals surface area contributed by atoms with Crippen molar-refractivity contribution in [3.63, 3.8) is 0 Å². The zero-order valence-corrected chi connectivity index (χ0v) is 12.7. The first-order valence-corrected chi connectivity index (χ1v) is 7.17. The molecule has 104 valence electrons. The fourth-order valence-corrected chi connectivity index (χ4v) is 1.96. The summed E-state index contributed by atoms with van der Waals surface area (Å²) >= 11 is 0. The molecule has 1 aromatic rings. The number of nitrogens with one attached hydrogen (secondary N) is 1. The van der Waals surface area contributed by atoms with Crippen molar-refractivity contribution in [2.24, 2.45) is 0 Å². The van der Waals surface area contributed by atoms with Crippen molar-refractivity contribution in [3.8, 4) is 0 Å². The normalized spacial score (nSPS) is 13.2. The highest BCUT2D eigenvalue weighted by Gasteiger charge is 2.01. The molecule has 0 aliphatic rings. The largest absolute Gasteiger partial charge is 0.307 e. The average Bonchev–Trinajstić information content (AvgIpc) is 2.39. The molecule has 1 heteroatoms. The lowest BCUT2D eigenvalue weighted by molar-refractivity contribution is 0.615. The molecule has 0 fully saturated rings. The van der Waals surface area contributed by atoms with Gasteiger partial charge in [-0.15, -0.1) is 0 Å². The van der Waals surface area contributed by atoms with Gasteiger partial charge < -0.3 is 5.32 Å². The Morgan fingerprint density at radius 1 is 1.11 bits per heavy atom. The summed E-state index contributed by atoms with van der Waals surface area (Å²) in [6.07, 6.45) is 6.92. The van der Waals surface area contributed by atoms with Crippen LogP contribution in [0.2, 0.25) is 0 Å². The van der Waals surface area contributed by atoms with Gasteiger partial charge in [0.1, 0.15) is 0 Å². The summed E-state index contributed by atoms with van der Waals surface area (Å²) in [6.45, 7) is 9.68. The van der Waals surface area contributed by atoms with Gasteiger partial charge in [-0.3, -0.25) is 0 Å². The molecular weight excluding hydrogens is 230 g/mol. The Bertz CT molecular complexity index is 411. The van der Waals surface area contributed by atoms with Gasteiger partial charge >= 0.3 is 0 Å². The van der Waals surface area contributed by atoms with E-state index >= 15 is 0 Å². The maximum absolute atomic E-state index is 3.54. The second-order valence-electron chi connectivity index (χ2n) is 5.41. The molecule has 0 amide bonds. The minimum atomic E-state index is 0.406. The highest BCUT2D eigenvalue weighted by molar-refractivity contribution is 5.18. The molecule has 0 spiro atoms. The van der Waals surface area contributed by atoms with E-state index < -0.39 is 0 Å². The predicted octanol–water partition coefficient (Wildman–Crippen LogP) is 5.03. The molecule has 0 saturated carbocycles. The number of rotatable bonds is 7. The van der Waals surface area contributed by atoms with E-state index in [0.29, 0.717) is 6.04 Å². The van der Waals surface area contributed by atoms with Crippen molar-refractivity contribution in [1.29, 1.82) is 0 Å². The molecule has 1 atom stereocenters. The van der Waals surface area contributed by atoms with Crippen LogP contribution in [0, 0.1) is 0 Å². The van der Waals surface area contributed by atoms with E-state index in [0.717, 1.165) is 19.4 Å². The summed E-state index contributed by atoms with van der Waals surface area (Å²) in [6, 6.07) is 11.0. The van der Waals surface area contributed by atoms with Gasteiger partial charge in [0.05, 0.1) is 0 Å². The van der Waals surface area contributed by atoms with Crippen LogP contribution < -0.4 is 5.32 Å². The Hall–Kier alpha value is -1.34. The number of allylic oxidation sites excluding steroid dienone is 3. The summed E-state index contributed by atoms with van der Waals surface area (Å²) in [4.78, 5) is 0. The fourth-order valence-electron chi connectivity index (χ4n) is 1.96. The van der Waals surface area contributed by atoms with Crippen LogP contribution in [0.25, 0.3) is 0 Å². The van der Waals surface area contributed by atoms with Crippen LogP contribution in [0.3, 0.4) is 0 Å². The second kappa shape index (κ2) is 8.71. The van der Waals surface area contributed by atoms with Gasteiger partial charge in [0.25, 0.3) is 0 Å². The standard InChI is InChI=1S/C18H27N/c1-15(2)9-8-10-16(3)13-14-19-17(4)18-11-6-5-7-12-18/h5-7,9,11-13,17,19H,8,10,14H2,1-4H3/t17-/m1/s1. The molecule has 1 nitrogen and oxygen atoms in total.